The third-order valence-electron chi connectivity index (χ3n) is 3.07. The third kappa shape index (κ3) is 3.62. The molecule has 2 N–H and O–H groups in total. The summed E-state index contributed by atoms with van der Waals surface area (Å²) in [5, 5.41) is 0.516. The zero-order valence-corrected chi connectivity index (χ0v) is 13.0. The third-order valence-corrected chi connectivity index (χ3v) is 4.80. The van der Waals surface area contributed by atoms with Crippen LogP contribution in [0.15, 0.2) is 35.2 Å². The molecule has 0 fully saturated rings. The van der Waals surface area contributed by atoms with E-state index in [1.807, 2.05) is 19.9 Å². The molecule has 0 bridgehead atoms. The van der Waals surface area contributed by atoms with Gasteiger partial charge in [0.1, 0.15) is 0 Å². The van der Waals surface area contributed by atoms with Crippen LogP contribution in [-0.2, 0) is 16.4 Å². The van der Waals surface area contributed by atoms with Gasteiger partial charge in [0.25, 0.3) is 0 Å². The van der Waals surface area contributed by atoms with Crippen molar-refractivity contribution in [3.05, 3.63) is 52.3 Å². The average Bonchev–Trinajstić information content (AvgIpc) is 2.68. The highest BCUT2D eigenvalue weighted by molar-refractivity contribution is 7.89. The zero-order valence-electron chi connectivity index (χ0n) is 11.4. The maximum absolute atomic E-state index is 12.1. The molecule has 6 heteroatoms. The zero-order chi connectivity index (χ0) is 14.8. The second-order valence-corrected chi connectivity index (χ2v) is 6.91. The van der Waals surface area contributed by atoms with Gasteiger partial charge in [0.05, 0.1) is 4.90 Å². The topological polar surface area (TPSA) is 62.0 Å². The Balaban J connectivity index is 1.99. The van der Waals surface area contributed by atoms with E-state index in [2.05, 4.69) is 9.71 Å². The summed E-state index contributed by atoms with van der Waals surface area (Å²) in [7, 11) is -3.47. The smallest absolute Gasteiger partial charge is 0.240 e. The van der Waals surface area contributed by atoms with Crippen molar-refractivity contribution in [3.8, 4) is 0 Å². The van der Waals surface area contributed by atoms with E-state index in [0.717, 1.165) is 17.0 Å². The fraction of sp³-hybridized carbons (Fsp3) is 0.286. The molecule has 0 radical (unpaired) electrons. The number of halogens is 1. The van der Waals surface area contributed by atoms with Crippen molar-refractivity contribution >= 4 is 21.6 Å². The van der Waals surface area contributed by atoms with Crippen LogP contribution in [0.1, 0.15) is 17.0 Å². The molecule has 0 amide bonds. The van der Waals surface area contributed by atoms with Gasteiger partial charge < -0.3 is 4.98 Å². The van der Waals surface area contributed by atoms with Gasteiger partial charge in [-0.05, 0) is 56.2 Å². The predicted octanol–water partition coefficient (Wildman–Crippen LogP) is 2.81. The number of sulfonamides is 1. The first-order chi connectivity index (χ1) is 9.38. The molecule has 2 rings (SSSR count). The standard InChI is InChI=1S/C14H17ClN2O2S/c1-10-9-12(11(2)17-10)7-8-16-20(18,19)14-5-3-13(15)4-6-14/h3-6,9,16-17H,7-8H2,1-2H3. The number of aryl methyl sites for hydroxylation is 2. The first kappa shape index (κ1) is 15.1. The molecule has 0 unspecified atom stereocenters. The number of hydrogen-bond acceptors (Lipinski definition) is 2. The van der Waals surface area contributed by atoms with Crippen LogP contribution >= 0.6 is 11.6 Å². The Morgan fingerprint density at radius 3 is 2.40 bits per heavy atom. The van der Waals surface area contributed by atoms with Crippen LogP contribution < -0.4 is 4.72 Å². The first-order valence-electron chi connectivity index (χ1n) is 6.29. The van der Waals surface area contributed by atoms with Crippen LogP contribution in [0.5, 0.6) is 0 Å². The van der Waals surface area contributed by atoms with Crippen LogP contribution in [-0.4, -0.2) is 19.9 Å². The van der Waals surface area contributed by atoms with Crippen molar-refractivity contribution in [2.45, 2.75) is 25.2 Å². The summed E-state index contributed by atoms with van der Waals surface area (Å²) in [5.74, 6) is 0. The maximum atomic E-state index is 12.1. The number of aromatic nitrogens is 1. The Bertz CT molecular complexity index is 690. The van der Waals surface area contributed by atoms with E-state index in [4.69, 9.17) is 11.6 Å². The summed E-state index contributed by atoms with van der Waals surface area (Å²) in [6.45, 7) is 4.33. The fourth-order valence-electron chi connectivity index (χ4n) is 2.06. The lowest BCUT2D eigenvalue weighted by molar-refractivity contribution is 0.581. The van der Waals surface area contributed by atoms with E-state index >= 15 is 0 Å². The number of hydrogen-bond donors (Lipinski definition) is 2. The Morgan fingerprint density at radius 1 is 1.20 bits per heavy atom. The lowest BCUT2D eigenvalue weighted by Crippen LogP contribution is -2.26. The lowest BCUT2D eigenvalue weighted by atomic mass is 10.2. The Labute approximate surface area is 124 Å². The van der Waals surface area contributed by atoms with Crippen molar-refractivity contribution in [1.82, 2.24) is 9.71 Å². The molecular weight excluding hydrogens is 296 g/mol. The molecule has 0 atom stereocenters. The molecule has 0 spiro atoms. The van der Waals surface area contributed by atoms with E-state index in [1.165, 1.54) is 12.1 Å². The van der Waals surface area contributed by atoms with Crippen LogP contribution in [0.3, 0.4) is 0 Å². The SMILES string of the molecule is Cc1cc(CCNS(=O)(=O)c2ccc(Cl)cc2)c(C)[nH]1. The molecule has 0 aliphatic heterocycles. The molecule has 4 nitrogen and oxygen atoms in total. The summed E-state index contributed by atoms with van der Waals surface area (Å²) in [5.41, 5.74) is 3.28. The largest absolute Gasteiger partial charge is 0.362 e. The van der Waals surface area contributed by atoms with E-state index in [9.17, 15) is 8.42 Å². The van der Waals surface area contributed by atoms with Crippen molar-refractivity contribution in [1.29, 1.82) is 0 Å². The summed E-state index contributed by atoms with van der Waals surface area (Å²) in [4.78, 5) is 3.43. The van der Waals surface area contributed by atoms with Gasteiger partial charge in [-0.15, -0.1) is 0 Å². The van der Waals surface area contributed by atoms with Gasteiger partial charge in [-0.2, -0.15) is 0 Å². The molecule has 1 aromatic heterocycles. The van der Waals surface area contributed by atoms with Crippen LogP contribution in [0.25, 0.3) is 0 Å². The summed E-state index contributed by atoms with van der Waals surface area (Å²) >= 11 is 5.75. The molecule has 20 heavy (non-hydrogen) atoms. The van der Waals surface area contributed by atoms with Gasteiger partial charge in [0.15, 0.2) is 0 Å². The molecule has 1 aromatic carbocycles. The first-order valence-corrected chi connectivity index (χ1v) is 8.15. The number of benzene rings is 1. The van der Waals surface area contributed by atoms with E-state index < -0.39 is 10.0 Å². The van der Waals surface area contributed by atoms with Gasteiger partial charge in [0, 0.05) is 23.0 Å². The number of aromatic amines is 1. The Morgan fingerprint density at radius 2 is 1.85 bits per heavy atom. The minimum Gasteiger partial charge on any atom is -0.362 e. The normalized spacial score (nSPS) is 11.8. The Hall–Kier alpha value is -1.30. The quantitative estimate of drug-likeness (QED) is 0.891. The minimum atomic E-state index is -3.47. The van der Waals surface area contributed by atoms with Crippen molar-refractivity contribution in [3.63, 3.8) is 0 Å². The van der Waals surface area contributed by atoms with Crippen molar-refractivity contribution in [2.75, 3.05) is 6.54 Å². The molecular formula is C14H17ClN2O2S. The molecule has 0 saturated heterocycles. The summed E-state index contributed by atoms with van der Waals surface area (Å²) in [6.07, 6.45) is 0.656. The second-order valence-electron chi connectivity index (χ2n) is 4.70. The number of nitrogens with one attached hydrogen (secondary N) is 2. The van der Waals surface area contributed by atoms with Crippen molar-refractivity contribution in [2.24, 2.45) is 0 Å². The van der Waals surface area contributed by atoms with Gasteiger partial charge in [-0.3, -0.25) is 0 Å². The lowest BCUT2D eigenvalue weighted by Gasteiger charge is -2.06. The highest BCUT2D eigenvalue weighted by Gasteiger charge is 2.13. The van der Waals surface area contributed by atoms with Gasteiger partial charge >= 0.3 is 0 Å². The molecule has 0 saturated carbocycles. The fourth-order valence-corrected chi connectivity index (χ4v) is 3.22. The molecule has 0 aliphatic carbocycles. The van der Waals surface area contributed by atoms with Crippen LogP contribution in [0, 0.1) is 13.8 Å². The monoisotopic (exact) mass is 312 g/mol. The molecule has 0 aliphatic rings. The molecule has 2 aromatic rings. The summed E-state index contributed by atoms with van der Waals surface area (Å²) < 4.78 is 26.7. The Kier molecular flexibility index (Phi) is 4.52. The number of H-pyrrole nitrogens is 1. The highest BCUT2D eigenvalue weighted by Crippen LogP contribution is 2.14. The molecule has 108 valence electrons. The second kappa shape index (κ2) is 5.99. The van der Waals surface area contributed by atoms with E-state index in [0.29, 0.717) is 18.0 Å². The highest BCUT2D eigenvalue weighted by atomic mass is 35.5. The van der Waals surface area contributed by atoms with Crippen molar-refractivity contribution < 1.29 is 8.42 Å². The predicted molar refractivity (Wildman–Crippen MR) is 80.6 cm³/mol. The maximum Gasteiger partial charge on any atom is 0.240 e. The van der Waals surface area contributed by atoms with Gasteiger partial charge in [0.2, 0.25) is 10.0 Å². The van der Waals surface area contributed by atoms with E-state index in [-0.39, 0.29) is 4.90 Å². The van der Waals surface area contributed by atoms with Crippen LogP contribution in [0.4, 0.5) is 0 Å². The van der Waals surface area contributed by atoms with E-state index in [1.54, 1.807) is 12.1 Å². The minimum absolute atomic E-state index is 0.226. The summed E-state index contributed by atoms with van der Waals surface area (Å²) in [6, 6.07) is 8.16. The van der Waals surface area contributed by atoms with Gasteiger partial charge in [-0.1, -0.05) is 11.6 Å². The van der Waals surface area contributed by atoms with Gasteiger partial charge in [-0.25, -0.2) is 13.1 Å². The average molecular weight is 313 g/mol. The molecule has 1 heterocycles. The number of rotatable bonds is 5. The van der Waals surface area contributed by atoms with Crippen LogP contribution in [0.2, 0.25) is 5.02 Å².